The van der Waals surface area contributed by atoms with Gasteiger partial charge in [0.15, 0.2) is 0 Å². The Labute approximate surface area is 177 Å². The molecule has 2 heterocycles. The molecule has 156 valence electrons. The molecule has 0 fully saturated rings. The molecule has 2 aromatic carbocycles. The average Bonchev–Trinajstić information content (AvgIpc) is 2.79. The van der Waals surface area contributed by atoms with Crippen molar-refractivity contribution in [1.29, 1.82) is 0 Å². The van der Waals surface area contributed by atoms with Gasteiger partial charge in [-0.05, 0) is 55.0 Å². The summed E-state index contributed by atoms with van der Waals surface area (Å²) in [5, 5.41) is 0.267. The fourth-order valence-corrected chi connectivity index (χ4v) is 3.60. The molecule has 31 heavy (non-hydrogen) atoms. The summed E-state index contributed by atoms with van der Waals surface area (Å²) in [6, 6.07) is 14.3. The van der Waals surface area contributed by atoms with E-state index in [4.69, 9.17) is 9.47 Å². The van der Waals surface area contributed by atoms with Gasteiger partial charge >= 0.3 is 5.97 Å². The SMILES string of the molecule is COC(=O)c1c(C)nc2ccn(-c3ccc(F)cc3)c(=O)c2c1-c1ccc(OC)cc1. The number of aryl methyl sites for hydroxylation is 1. The molecule has 0 radical (unpaired) electrons. The lowest BCUT2D eigenvalue weighted by Gasteiger charge is -2.16. The Bertz CT molecular complexity index is 1340. The van der Waals surface area contributed by atoms with Crippen LogP contribution in [0.5, 0.6) is 5.75 Å². The van der Waals surface area contributed by atoms with Crippen molar-refractivity contribution in [2.24, 2.45) is 0 Å². The molecular formula is C24H19FN2O4. The second-order valence-electron chi connectivity index (χ2n) is 6.89. The first-order chi connectivity index (χ1) is 14.9. The van der Waals surface area contributed by atoms with Crippen LogP contribution in [0.3, 0.4) is 0 Å². The maximum atomic E-state index is 13.6. The van der Waals surface area contributed by atoms with Gasteiger partial charge < -0.3 is 9.47 Å². The third-order valence-electron chi connectivity index (χ3n) is 5.09. The number of carbonyl (C=O) groups is 1. The minimum absolute atomic E-state index is 0.217. The Morgan fingerprint density at radius 2 is 1.68 bits per heavy atom. The van der Waals surface area contributed by atoms with E-state index in [2.05, 4.69) is 4.98 Å². The van der Waals surface area contributed by atoms with Crippen LogP contribution in [0, 0.1) is 12.7 Å². The number of carbonyl (C=O) groups excluding carboxylic acids is 1. The summed E-state index contributed by atoms with van der Waals surface area (Å²) in [5.41, 5.74) is 2.29. The third-order valence-corrected chi connectivity index (χ3v) is 5.09. The topological polar surface area (TPSA) is 70.4 Å². The van der Waals surface area contributed by atoms with Gasteiger partial charge in [0.2, 0.25) is 0 Å². The number of rotatable bonds is 4. The number of nitrogens with zero attached hydrogens (tertiary/aromatic N) is 2. The third kappa shape index (κ3) is 3.54. The summed E-state index contributed by atoms with van der Waals surface area (Å²) in [4.78, 5) is 30.7. The molecule has 0 unspecified atom stereocenters. The molecule has 0 aliphatic heterocycles. The molecule has 2 aromatic heterocycles. The minimum Gasteiger partial charge on any atom is -0.497 e. The summed E-state index contributed by atoms with van der Waals surface area (Å²) in [6.45, 7) is 1.70. The summed E-state index contributed by atoms with van der Waals surface area (Å²) in [7, 11) is 2.84. The number of pyridine rings is 2. The van der Waals surface area contributed by atoms with Crippen molar-refractivity contribution in [3.05, 3.63) is 88.2 Å². The summed E-state index contributed by atoms with van der Waals surface area (Å²) in [6.07, 6.45) is 1.58. The van der Waals surface area contributed by atoms with Gasteiger partial charge in [-0.1, -0.05) is 12.1 Å². The molecule has 0 aliphatic rings. The normalized spacial score (nSPS) is 10.8. The maximum Gasteiger partial charge on any atom is 0.340 e. The Morgan fingerprint density at radius 3 is 2.29 bits per heavy atom. The second kappa shape index (κ2) is 8.02. The van der Waals surface area contributed by atoms with E-state index in [0.717, 1.165) is 0 Å². The van der Waals surface area contributed by atoms with Gasteiger partial charge in [-0.15, -0.1) is 0 Å². The van der Waals surface area contributed by atoms with Crippen LogP contribution in [-0.4, -0.2) is 29.7 Å². The summed E-state index contributed by atoms with van der Waals surface area (Å²) in [5.74, 6) is -0.349. The van der Waals surface area contributed by atoms with Crippen LogP contribution >= 0.6 is 0 Å². The smallest absolute Gasteiger partial charge is 0.340 e. The van der Waals surface area contributed by atoms with Gasteiger partial charge in [-0.2, -0.15) is 0 Å². The fraction of sp³-hybridized carbons (Fsp3) is 0.125. The highest BCUT2D eigenvalue weighted by Crippen LogP contribution is 2.33. The molecule has 0 N–H and O–H groups in total. The fourth-order valence-electron chi connectivity index (χ4n) is 3.60. The number of halogens is 1. The number of aromatic nitrogens is 2. The highest BCUT2D eigenvalue weighted by atomic mass is 19.1. The van der Waals surface area contributed by atoms with E-state index in [0.29, 0.717) is 33.8 Å². The van der Waals surface area contributed by atoms with Crippen LogP contribution < -0.4 is 10.3 Å². The molecule has 0 amide bonds. The molecule has 0 spiro atoms. The highest BCUT2D eigenvalue weighted by molar-refractivity contribution is 6.07. The first-order valence-corrected chi connectivity index (χ1v) is 9.49. The molecule has 0 atom stereocenters. The van der Waals surface area contributed by atoms with E-state index in [1.54, 1.807) is 50.6 Å². The van der Waals surface area contributed by atoms with Gasteiger partial charge in [-0.25, -0.2) is 9.18 Å². The van der Waals surface area contributed by atoms with Crippen molar-refractivity contribution in [1.82, 2.24) is 9.55 Å². The first-order valence-electron chi connectivity index (χ1n) is 9.49. The first kappa shape index (κ1) is 20.3. The lowest BCUT2D eigenvalue weighted by atomic mass is 9.95. The number of esters is 1. The number of methoxy groups -OCH3 is 2. The van der Waals surface area contributed by atoms with Crippen LogP contribution in [0.4, 0.5) is 4.39 Å². The number of hydrogen-bond acceptors (Lipinski definition) is 5. The molecule has 0 saturated carbocycles. The zero-order valence-electron chi connectivity index (χ0n) is 17.2. The monoisotopic (exact) mass is 418 g/mol. The number of ether oxygens (including phenoxy) is 2. The molecule has 4 aromatic rings. The Morgan fingerprint density at radius 1 is 1.00 bits per heavy atom. The van der Waals surface area contributed by atoms with Crippen molar-refractivity contribution in [3.8, 4) is 22.6 Å². The summed E-state index contributed by atoms with van der Waals surface area (Å²) >= 11 is 0. The summed E-state index contributed by atoms with van der Waals surface area (Å²) < 4.78 is 25.0. The van der Waals surface area contributed by atoms with Gasteiger partial charge in [0.1, 0.15) is 11.6 Å². The van der Waals surface area contributed by atoms with Crippen LogP contribution in [-0.2, 0) is 4.74 Å². The van der Waals surface area contributed by atoms with E-state index >= 15 is 0 Å². The van der Waals surface area contributed by atoms with Gasteiger partial charge in [0.25, 0.3) is 5.56 Å². The largest absolute Gasteiger partial charge is 0.497 e. The van der Waals surface area contributed by atoms with Gasteiger partial charge in [0.05, 0.1) is 36.4 Å². The number of fused-ring (bicyclic) bond motifs is 1. The van der Waals surface area contributed by atoms with Crippen molar-refractivity contribution in [2.75, 3.05) is 14.2 Å². The molecule has 4 rings (SSSR count). The molecular weight excluding hydrogens is 399 g/mol. The van der Waals surface area contributed by atoms with Crippen molar-refractivity contribution in [3.63, 3.8) is 0 Å². The quantitative estimate of drug-likeness (QED) is 0.462. The Balaban J connectivity index is 2.11. The van der Waals surface area contributed by atoms with Crippen molar-refractivity contribution < 1.29 is 18.7 Å². The lowest BCUT2D eigenvalue weighted by molar-refractivity contribution is 0.0600. The molecule has 6 nitrogen and oxygen atoms in total. The zero-order chi connectivity index (χ0) is 22.1. The highest BCUT2D eigenvalue weighted by Gasteiger charge is 2.23. The predicted octanol–water partition coefficient (Wildman–Crippen LogP) is 4.30. The van der Waals surface area contributed by atoms with Crippen molar-refractivity contribution in [2.45, 2.75) is 6.92 Å². The molecule has 0 saturated heterocycles. The van der Waals surface area contributed by atoms with Crippen LogP contribution in [0.25, 0.3) is 27.7 Å². The van der Waals surface area contributed by atoms with E-state index in [1.165, 1.54) is 35.9 Å². The van der Waals surface area contributed by atoms with E-state index < -0.39 is 11.8 Å². The van der Waals surface area contributed by atoms with Crippen molar-refractivity contribution >= 4 is 16.9 Å². The van der Waals surface area contributed by atoms with E-state index in [1.807, 2.05) is 0 Å². The Kier molecular flexibility index (Phi) is 5.25. The van der Waals surface area contributed by atoms with Gasteiger partial charge in [0, 0.05) is 17.4 Å². The van der Waals surface area contributed by atoms with Crippen LogP contribution in [0.1, 0.15) is 16.1 Å². The lowest BCUT2D eigenvalue weighted by Crippen LogP contribution is -2.20. The van der Waals surface area contributed by atoms with E-state index in [-0.39, 0.29) is 16.5 Å². The van der Waals surface area contributed by atoms with Crippen LogP contribution in [0.2, 0.25) is 0 Å². The minimum atomic E-state index is -0.589. The molecule has 7 heteroatoms. The zero-order valence-corrected chi connectivity index (χ0v) is 17.2. The molecule has 0 bridgehead atoms. The number of hydrogen-bond donors (Lipinski definition) is 0. The molecule has 0 aliphatic carbocycles. The maximum absolute atomic E-state index is 13.6. The second-order valence-corrected chi connectivity index (χ2v) is 6.89. The van der Waals surface area contributed by atoms with Crippen LogP contribution in [0.15, 0.2) is 65.6 Å². The van der Waals surface area contributed by atoms with Gasteiger partial charge in [-0.3, -0.25) is 14.3 Å². The predicted molar refractivity (Wildman–Crippen MR) is 115 cm³/mol. The standard InChI is InChI=1S/C24H19FN2O4/c1-14-20(24(29)31-3)21(15-4-10-18(30-2)11-5-15)22-19(26-14)12-13-27(23(22)28)17-8-6-16(25)7-9-17/h4-13H,1-3H3. The average molecular weight is 418 g/mol. The number of benzene rings is 2. The Hall–Kier alpha value is -4.00. The van der Waals surface area contributed by atoms with E-state index in [9.17, 15) is 14.0 Å².